The van der Waals surface area contributed by atoms with Crippen molar-refractivity contribution in [2.45, 2.75) is 32.1 Å². The van der Waals surface area contributed by atoms with Crippen LogP contribution in [0.15, 0.2) is 0 Å². The van der Waals surface area contributed by atoms with E-state index in [1.807, 2.05) is 0 Å². The third kappa shape index (κ3) is 5.98. The van der Waals surface area contributed by atoms with Gasteiger partial charge in [-0.05, 0) is 25.7 Å². The van der Waals surface area contributed by atoms with Gasteiger partial charge in [0.2, 0.25) is 0 Å². The second kappa shape index (κ2) is 8.30. The first-order valence-electron chi connectivity index (χ1n) is 6.91. The van der Waals surface area contributed by atoms with Crippen LogP contribution in [0, 0.1) is 5.92 Å². The summed E-state index contributed by atoms with van der Waals surface area (Å²) in [5.41, 5.74) is 0. The SMILES string of the molecule is COC(=O)C1CCN(S(=O)(=O)NCCCCC(=O)O)CC1. The van der Waals surface area contributed by atoms with E-state index in [1.165, 1.54) is 11.4 Å². The van der Waals surface area contributed by atoms with Crippen LogP contribution in [-0.2, 0) is 24.5 Å². The quantitative estimate of drug-likeness (QED) is 0.479. The molecule has 8 nitrogen and oxygen atoms in total. The first-order chi connectivity index (χ1) is 9.86. The van der Waals surface area contributed by atoms with Crippen LogP contribution in [0.25, 0.3) is 0 Å². The van der Waals surface area contributed by atoms with Gasteiger partial charge in [-0.3, -0.25) is 9.59 Å². The van der Waals surface area contributed by atoms with Crippen molar-refractivity contribution >= 4 is 22.1 Å². The van der Waals surface area contributed by atoms with Crippen LogP contribution in [0.3, 0.4) is 0 Å². The average molecular weight is 322 g/mol. The van der Waals surface area contributed by atoms with E-state index in [4.69, 9.17) is 5.11 Å². The molecule has 0 amide bonds. The maximum atomic E-state index is 12.0. The van der Waals surface area contributed by atoms with Gasteiger partial charge in [0.15, 0.2) is 0 Å². The smallest absolute Gasteiger partial charge is 0.308 e. The van der Waals surface area contributed by atoms with Gasteiger partial charge in [0.05, 0.1) is 13.0 Å². The molecule has 0 saturated carbocycles. The number of carboxylic acids is 1. The molecule has 1 heterocycles. The third-order valence-electron chi connectivity index (χ3n) is 3.43. The van der Waals surface area contributed by atoms with Crippen molar-refractivity contribution in [2.75, 3.05) is 26.7 Å². The molecule has 1 saturated heterocycles. The Morgan fingerprint density at radius 3 is 2.43 bits per heavy atom. The Labute approximate surface area is 124 Å². The lowest BCUT2D eigenvalue weighted by atomic mass is 9.99. The van der Waals surface area contributed by atoms with Crippen LogP contribution in [-0.4, -0.2) is 56.5 Å². The number of hydrogen-bond donors (Lipinski definition) is 2. The van der Waals surface area contributed by atoms with Crippen LogP contribution < -0.4 is 4.72 Å². The number of rotatable bonds is 8. The number of piperidine rings is 1. The van der Waals surface area contributed by atoms with E-state index in [9.17, 15) is 18.0 Å². The molecular formula is C12H22N2O6S. The third-order valence-corrected chi connectivity index (χ3v) is 5.04. The van der Waals surface area contributed by atoms with Crippen molar-refractivity contribution in [3.63, 3.8) is 0 Å². The van der Waals surface area contributed by atoms with E-state index < -0.39 is 16.2 Å². The first-order valence-corrected chi connectivity index (χ1v) is 8.35. The summed E-state index contributed by atoms with van der Waals surface area (Å²) in [5.74, 6) is -1.42. The maximum Gasteiger partial charge on any atom is 0.308 e. The number of carboxylic acid groups (broad SMARTS) is 1. The fourth-order valence-electron chi connectivity index (χ4n) is 2.19. The zero-order valence-corrected chi connectivity index (χ0v) is 12.9. The molecule has 9 heteroatoms. The predicted octanol–water partition coefficient (Wildman–Crippen LogP) is -0.0393. The predicted molar refractivity (Wildman–Crippen MR) is 74.7 cm³/mol. The Morgan fingerprint density at radius 1 is 1.29 bits per heavy atom. The van der Waals surface area contributed by atoms with E-state index in [2.05, 4.69) is 9.46 Å². The highest BCUT2D eigenvalue weighted by Gasteiger charge is 2.31. The highest BCUT2D eigenvalue weighted by atomic mass is 32.2. The van der Waals surface area contributed by atoms with Gasteiger partial charge in [-0.25, -0.2) is 4.72 Å². The standard InChI is InChI=1S/C12H22N2O6S/c1-20-12(17)10-5-8-14(9-6-10)21(18,19)13-7-3-2-4-11(15)16/h10,13H,2-9H2,1H3,(H,15,16). The molecule has 1 aliphatic rings. The summed E-state index contributed by atoms with van der Waals surface area (Å²) >= 11 is 0. The van der Waals surface area contributed by atoms with Gasteiger partial charge in [-0.15, -0.1) is 0 Å². The molecule has 0 radical (unpaired) electrons. The molecule has 0 bridgehead atoms. The second-order valence-electron chi connectivity index (χ2n) is 4.95. The zero-order valence-electron chi connectivity index (χ0n) is 12.1. The summed E-state index contributed by atoms with van der Waals surface area (Å²) in [6.45, 7) is 0.779. The molecule has 0 aliphatic carbocycles. The molecule has 1 aliphatic heterocycles. The van der Waals surface area contributed by atoms with Crippen molar-refractivity contribution in [1.29, 1.82) is 0 Å². The summed E-state index contributed by atoms with van der Waals surface area (Å²) in [4.78, 5) is 21.7. The van der Waals surface area contributed by atoms with E-state index in [1.54, 1.807) is 0 Å². The van der Waals surface area contributed by atoms with Crippen molar-refractivity contribution in [3.05, 3.63) is 0 Å². The Balaban J connectivity index is 2.32. The van der Waals surface area contributed by atoms with Crippen LogP contribution in [0.5, 0.6) is 0 Å². The van der Waals surface area contributed by atoms with Crippen molar-refractivity contribution < 1.29 is 27.9 Å². The molecule has 2 N–H and O–H groups in total. The summed E-state index contributed by atoms with van der Waals surface area (Å²) in [7, 11) is -2.23. The number of nitrogens with one attached hydrogen (secondary N) is 1. The molecule has 122 valence electrons. The highest BCUT2D eigenvalue weighted by molar-refractivity contribution is 7.87. The molecule has 21 heavy (non-hydrogen) atoms. The molecule has 1 rings (SSSR count). The van der Waals surface area contributed by atoms with Gasteiger partial charge in [0, 0.05) is 26.1 Å². The molecule has 0 aromatic heterocycles. The second-order valence-corrected chi connectivity index (χ2v) is 6.70. The monoisotopic (exact) mass is 322 g/mol. The fourth-order valence-corrected chi connectivity index (χ4v) is 3.47. The van der Waals surface area contributed by atoms with Crippen LogP contribution in [0.4, 0.5) is 0 Å². The number of carbonyl (C=O) groups is 2. The largest absolute Gasteiger partial charge is 0.481 e. The normalized spacial score (nSPS) is 17.6. The minimum absolute atomic E-state index is 0.0340. The minimum Gasteiger partial charge on any atom is -0.481 e. The highest BCUT2D eigenvalue weighted by Crippen LogP contribution is 2.20. The fraction of sp³-hybridized carbons (Fsp3) is 0.833. The van der Waals surface area contributed by atoms with Crippen LogP contribution in [0.2, 0.25) is 0 Å². The lowest BCUT2D eigenvalue weighted by molar-refractivity contribution is -0.146. The first kappa shape index (κ1) is 17.9. The zero-order chi connectivity index (χ0) is 15.9. The number of unbranched alkanes of at least 4 members (excludes halogenated alkanes) is 1. The topological polar surface area (TPSA) is 113 Å². The number of ether oxygens (including phenoxy) is 1. The Hall–Kier alpha value is -1.19. The molecule has 0 spiro atoms. The van der Waals surface area contributed by atoms with E-state index in [0.717, 1.165) is 0 Å². The molecule has 0 unspecified atom stereocenters. The Bertz CT molecular complexity index is 456. The average Bonchev–Trinajstić information content (AvgIpc) is 2.45. The number of aliphatic carboxylic acids is 1. The summed E-state index contributed by atoms with van der Waals surface area (Å²) in [6.07, 6.45) is 1.85. The molecular weight excluding hydrogens is 300 g/mol. The molecule has 0 aromatic rings. The van der Waals surface area contributed by atoms with Gasteiger partial charge >= 0.3 is 11.9 Å². The Kier molecular flexibility index (Phi) is 7.06. The van der Waals surface area contributed by atoms with Gasteiger partial charge in [-0.2, -0.15) is 12.7 Å². The molecule has 1 fully saturated rings. The van der Waals surface area contributed by atoms with Crippen LogP contribution >= 0.6 is 0 Å². The Morgan fingerprint density at radius 2 is 1.90 bits per heavy atom. The molecule has 0 aromatic carbocycles. The van der Waals surface area contributed by atoms with Gasteiger partial charge in [0.1, 0.15) is 0 Å². The number of nitrogens with zero attached hydrogens (tertiary/aromatic N) is 1. The van der Waals surface area contributed by atoms with Crippen molar-refractivity contribution in [2.24, 2.45) is 5.92 Å². The molecule has 0 atom stereocenters. The van der Waals surface area contributed by atoms with Crippen molar-refractivity contribution in [3.8, 4) is 0 Å². The van der Waals surface area contributed by atoms with Gasteiger partial charge in [-0.1, -0.05) is 0 Å². The number of hydrogen-bond acceptors (Lipinski definition) is 5. The summed E-state index contributed by atoms with van der Waals surface area (Å²) in [5, 5.41) is 8.48. The lowest BCUT2D eigenvalue weighted by Crippen LogP contribution is -2.46. The van der Waals surface area contributed by atoms with E-state index >= 15 is 0 Å². The van der Waals surface area contributed by atoms with Crippen molar-refractivity contribution in [1.82, 2.24) is 9.03 Å². The lowest BCUT2D eigenvalue weighted by Gasteiger charge is -2.29. The van der Waals surface area contributed by atoms with E-state index in [-0.39, 0.29) is 37.9 Å². The van der Waals surface area contributed by atoms with E-state index in [0.29, 0.717) is 25.7 Å². The van der Waals surface area contributed by atoms with Crippen LogP contribution in [0.1, 0.15) is 32.1 Å². The number of carbonyl (C=O) groups excluding carboxylic acids is 1. The number of esters is 1. The van der Waals surface area contributed by atoms with Gasteiger partial charge in [0.25, 0.3) is 10.2 Å². The summed E-state index contributed by atoms with van der Waals surface area (Å²) < 4.78 is 32.4. The van der Waals surface area contributed by atoms with Gasteiger partial charge < -0.3 is 9.84 Å². The minimum atomic E-state index is -3.56. The number of methoxy groups -OCH3 is 1. The summed E-state index contributed by atoms with van der Waals surface area (Å²) in [6, 6.07) is 0. The maximum absolute atomic E-state index is 12.0.